The van der Waals surface area contributed by atoms with E-state index in [1.165, 1.54) is 11.8 Å². The van der Waals surface area contributed by atoms with E-state index in [1.807, 2.05) is 0 Å². The second kappa shape index (κ2) is 7.80. The van der Waals surface area contributed by atoms with Gasteiger partial charge in [-0.1, -0.05) is 68.9 Å². The largest absolute Gasteiger partial charge is 0.293 e. The first-order valence-electron chi connectivity index (χ1n) is 7.82. The van der Waals surface area contributed by atoms with Gasteiger partial charge in [0.05, 0.1) is 9.80 Å². The first-order chi connectivity index (χ1) is 11.3. The van der Waals surface area contributed by atoms with Crippen molar-refractivity contribution in [1.82, 2.24) is 4.90 Å². The lowest BCUT2D eigenvalue weighted by Crippen LogP contribution is -2.32. The van der Waals surface area contributed by atoms with Crippen molar-refractivity contribution in [3.63, 3.8) is 0 Å². The summed E-state index contributed by atoms with van der Waals surface area (Å²) in [7, 11) is -3.36. The van der Waals surface area contributed by atoms with Crippen LogP contribution in [-0.4, -0.2) is 36.3 Å². The average Bonchev–Trinajstić information content (AvgIpc) is 2.79. The molecule has 0 N–H and O–H groups in total. The second-order valence-electron chi connectivity index (χ2n) is 5.78. The quantitative estimate of drug-likeness (QED) is 0.553. The fourth-order valence-electron chi connectivity index (χ4n) is 2.54. The number of thiocarbonyl (C=S) groups is 1. The summed E-state index contributed by atoms with van der Waals surface area (Å²) < 4.78 is 24.3. The fraction of sp³-hybridized carbons (Fsp3) is 0.412. The maximum absolute atomic E-state index is 12.6. The summed E-state index contributed by atoms with van der Waals surface area (Å²) in [6, 6.07) is 6.67. The summed E-state index contributed by atoms with van der Waals surface area (Å²) in [5.41, 5.74) is 0.517. The third-order valence-electron chi connectivity index (χ3n) is 4.07. The molecule has 1 aliphatic heterocycles. The van der Waals surface area contributed by atoms with Crippen LogP contribution in [0.15, 0.2) is 34.1 Å². The number of hydrogen-bond donors (Lipinski definition) is 0. The zero-order valence-corrected chi connectivity index (χ0v) is 16.4. The Labute approximate surface area is 153 Å². The Morgan fingerprint density at radius 2 is 1.88 bits per heavy atom. The van der Waals surface area contributed by atoms with Crippen molar-refractivity contribution in [2.75, 3.05) is 12.8 Å². The van der Waals surface area contributed by atoms with Gasteiger partial charge in [0.2, 0.25) is 0 Å². The van der Waals surface area contributed by atoms with Crippen molar-refractivity contribution >= 4 is 50.1 Å². The Morgan fingerprint density at radius 1 is 1.25 bits per heavy atom. The van der Waals surface area contributed by atoms with E-state index in [4.69, 9.17) is 12.2 Å². The Bertz CT molecular complexity index is 780. The number of amides is 1. The summed E-state index contributed by atoms with van der Waals surface area (Å²) in [4.78, 5) is 15.0. The molecular weight excluding hydrogens is 362 g/mol. The van der Waals surface area contributed by atoms with E-state index in [0.29, 0.717) is 27.3 Å². The zero-order valence-electron chi connectivity index (χ0n) is 14.0. The minimum absolute atomic E-state index is 0.139. The van der Waals surface area contributed by atoms with Crippen molar-refractivity contribution in [2.24, 2.45) is 5.92 Å². The molecule has 1 saturated heterocycles. The predicted octanol–water partition coefficient (Wildman–Crippen LogP) is 3.73. The fourth-order valence-corrected chi connectivity index (χ4v) is 4.69. The number of benzene rings is 1. The van der Waals surface area contributed by atoms with Crippen LogP contribution in [0.3, 0.4) is 0 Å². The van der Waals surface area contributed by atoms with Crippen molar-refractivity contribution in [3.8, 4) is 0 Å². The van der Waals surface area contributed by atoms with Crippen LogP contribution in [0.5, 0.6) is 0 Å². The standard InChI is InChI=1S/C17H21NO3S3/c1-4-12(5-2)11-18-16(19)14(23-17(18)22)10-13-8-6-7-9-15(13)24(3,20)21/h6-10,12H,4-5,11H2,1-3H3/b14-10-. The molecule has 0 unspecified atom stereocenters. The maximum atomic E-state index is 12.6. The molecule has 0 atom stereocenters. The van der Waals surface area contributed by atoms with Gasteiger partial charge in [-0.3, -0.25) is 9.69 Å². The topological polar surface area (TPSA) is 54.5 Å². The van der Waals surface area contributed by atoms with Crippen LogP contribution in [0.2, 0.25) is 0 Å². The zero-order chi connectivity index (χ0) is 17.9. The number of rotatable bonds is 6. The van der Waals surface area contributed by atoms with E-state index < -0.39 is 9.84 Å². The van der Waals surface area contributed by atoms with Crippen LogP contribution in [0.4, 0.5) is 0 Å². The third-order valence-corrected chi connectivity index (χ3v) is 6.62. The van der Waals surface area contributed by atoms with Crippen LogP contribution in [0.1, 0.15) is 32.3 Å². The smallest absolute Gasteiger partial charge is 0.266 e. The SMILES string of the molecule is CCC(CC)CN1C(=O)/C(=C/c2ccccc2S(C)(=O)=O)SC1=S. The van der Waals surface area contributed by atoms with E-state index in [1.54, 1.807) is 35.2 Å². The van der Waals surface area contributed by atoms with Crippen molar-refractivity contribution in [1.29, 1.82) is 0 Å². The molecule has 1 aliphatic rings. The van der Waals surface area contributed by atoms with Crippen LogP contribution < -0.4 is 0 Å². The molecule has 0 saturated carbocycles. The first-order valence-corrected chi connectivity index (χ1v) is 10.9. The van der Waals surface area contributed by atoms with Gasteiger partial charge in [-0.05, 0) is 23.6 Å². The second-order valence-corrected chi connectivity index (χ2v) is 9.44. The Kier molecular flexibility index (Phi) is 6.22. The van der Waals surface area contributed by atoms with E-state index in [2.05, 4.69) is 13.8 Å². The Morgan fingerprint density at radius 3 is 2.46 bits per heavy atom. The van der Waals surface area contributed by atoms with E-state index in [0.717, 1.165) is 19.1 Å². The summed E-state index contributed by atoms with van der Waals surface area (Å²) >= 11 is 6.57. The first kappa shape index (κ1) is 19.1. The van der Waals surface area contributed by atoms with Crippen molar-refractivity contribution in [3.05, 3.63) is 34.7 Å². The summed E-state index contributed by atoms with van der Waals surface area (Å²) in [5, 5.41) is 0. The predicted molar refractivity (Wildman–Crippen MR) is 104 cm³/mol. The van der Waals surface area contributed by atoms with Crippen LogP contribution >= 0.6 is 24.0 Å². The van der Waals surface area contributed by atoms with Crippen molar-refractivity contribution in [2.45, 2.75) is 31.6 Å². The Balaban J connectivity index is 2.33. The monoisotopic (exact) mass is 383 g/mol. The molecule has 0 aliphatic carbocycles. The van der Waals surface area contributed by atoms with E-state index >= 15 is 0 Å². The van der Waals surface area contributed by atoms with Gasteiger partial charge in [0, 0.05) is 12.8 Å². The molecule has 1 aromatic rings. The molecule has 24 heavy (non-hydrogen) atoms. The van der Waals surface area contributed by atoms with Gasteiger partial charge in [0.15, 0.2) is 9.84 Å². The highest BCUT2D eigenvalue weighted by Crippen LogP contribution is 2.34. The molecule has 4 nitrogen and oxygen atoms in total. The molecule has 1 aromatic carbocycles. The van der Waals surface area contributed by atoms with Gasteiger partial charge in [0.25, 0.3) is 5.91 Å². The summed E-state index contributed by atoms with van der Waals surface area (Å²) in [5.74, 6) is 0.273. The lowest BCUT2D eigenvalue weighted by molar-refractivity contribution is -0.122. The number of carbonyl (C=O) groups excluding carboxylic acids is 1. The van der Waals surface area contributed by atoms with Gasteiger partial charge >= 0.3 is 0 Å². The molecule has 130 valence electrons. The lowest BCUT2D eigenvalue weighted by Gasteiger charge is -2.20. The highest BCUT2D eigenvalue weighted by molar-refractivity contribution is 8.26. The molecule has 0 spiro atoms. The molecular formula is C17H21NO3S3. The number of sulfone groups is 1. The van der Waals surface area contributed by atoms with Gasteiger partial charge in [0.1, 0.15) is 4.32 Å². The summed E-state index contributed by atoms with van der Waals surface area (Å²) in [6.07, 6.45) is 4.77. The normalized spacial score (nSPS) is 17.3. The molecule has 1 fully saturated rings. The van der Waals surface area contributed by atoms with Crippen molar-refractivity contribution < 1.29 is 13.2 Å². The van der Waals surface area contributed by atoms with E-state index in [-0.39, 0.29) is 10.8 Å². The molecule has 0 aromatic heterocycles. The number of hydrogen-bond acceptors (Lipinski definition) is 5. The molecule has 1 amide bonds. The van der Waals surface area contributed by atoms with Gasteiger partial charge in [-0.2, -0.15) is 0 Å². The molecule has 1 heterocycles. The molecule has 2 rings (SSSR count). The molecule has 0 radical (unpaired) electrons. The van der Waals surface area contributed by atoms with Crippen LogP contribution in [0, 0.1) is 5.92 Å². The number of carbonyl (C=O) groups is 1. The van der Waals surface area contributed by atoms with Crippen LogP contribution in [-0.2, 0) is 14.6 Å². The Hall–Kier alpha value is -1.18. The highest BCUT2D eigenvalue weighted by atomic mass is 32.2. The minimum Gasteiger partial charge on any atom is -0.293 e. The minimum atomic E-state index is -3.36. The highest BCUT2D eigenvalue weighted by Gasteiger charge is 2.33. The van der Waals surface area contributed by atoms with Gasteiger partial charge in [-0.25, -0.2) is 8.42 Å². The maximum Gasteiger partial charge on any atom is 0.266 e. The average molecular weight is 384 g/mol. The summed E-state index contributed by atoms with van der Waals surface area (Å²) in [6.45, 7) is 4.82. The molecule has 0 bridgehead atoms. The lowest BCUT2D eigenvalue weighted by atomic mass is 10.0. The molecule has 7 heteroatoms. The van der Waals surface area contributed by atoms with Crippen LogP contribution in [0.25, 0.3) is 6.08 Å². The van der Waals surface area contributed by atoms with Gasteiger partial charge in [-0.15, -0.1) is 0 Å². The van der Waals surface area contributed by atoms with Gasteiger partial charge < -0.3 is 0 Å². The third kappa shape index (κ3) is 4.26. The number of nitrogens with zero attached hydrogens (tertiary/aromatic N) is 1. The number of thioether (sulfide) groups is 1. The van der Waals surface area contributed by atoms with E-state index in [9.17, 15) is 13.2 Å².